The van der Waals surface area contributed by atoms with E-state index in [0.29, 0.717) is 24.1 Å². The van der Waals surface area contributed by atoms with Crippen LogP contribution in [-0.4, -0.2) is 47.4 Å². The summed E-state index contributed by atoms with van der Waals surface area (Å²) in [6.07, 6.45) is 3.43. The molecule has 84 valence electrons. The van der Waals surface area contributed by atoms with Crippen molar-refractivity contribution in [3.63, 3.8) is 0 Å². The molecule has 2 fully saturated rings. The average molecular weight is 228 g/mol. The third-order valence-corrected chi connectivity index (χ3v) is 3.52. The number of hydrogen-bond donors (Lipinski definition) is 1. The van der Waals surface area contributed by atoms with Crippen molar-refractivity contribution in [3.8, 4) is 0 Å². The Hall–Kier alpha value is -0.550. The molecular formula is C10H16N2O2S. The molecule has 0 atom stereocenters. The maximum absolute atomic E-state index is 11.4. The van der Waals surface area contributed by atoms with Gasteiger partial charge in [-0.1, -0.05) is 0 Å². The Bertz CT molecular complexity index is 250. The minimum Gasteiger partial charge on any atom is -0.314 e. The molecule has 5 heteroatoms. The van der Waals surface area contributed by atoms with Crippen LogP contribution in [0.15, 0.2) is 0 Å². The monoisotopic (exact) mass is 228 g/mol. The molecule has 1 aliphatic heterocycles. The molecule has 0 aromatic carbocycles. The molecule has 0 unspecified atom stereocenters. The number of imide groups is 1. The fraction of sp³-hybridized carbons (Fsp3) is 0.800. The fourth-order valence-electron chi connectivity index (χ4n) is 1.60. The number of rotatable bonds is 5. The molecule has 0 bridgehead atoms. The van der Waals surface area contributed by atoms with E-state index in [0.717, 1.165) is 13.0 Å². The van der Waals surface area contributed by atoms with Gasteiger partial charge in [0.15, 0.2) is 0 Å². The summed E-state index contributed by atoms with van der Waals surface area (Å²) in [5, 5.41) is 3.37. The number of amides is 2. The fourth-order valence-corrected chi connectivity index (χ4v) is 2.36. The summed E-state index contributed by atoms with van der Waals surface area (Å²) < 4.78 is 0. The predicted molar refractivity (Wildman–Crippen MR) is 59.7 cm³/mol. The van der Waals surface area contributed by atoms with E-state index in [1.165, 1.54) is 29.5 Å². The Morgan fingerprint density at radius 3 is 2.53 bits per heavy atom. The molecule has 1 heterocycles. The summed E-state index contributed by atoms with van der Waals surface area (Å²) >= 11 is 1.41. The van der Waals surface area contributed by atoms with E-state index in [4.69, 9.17) is 0 Å². The topological polar surface area (TPSA) is 49.4 Å². The third kappa shape index (κ3) is 3.21. The van der Waals surface area contributed by atoms with Gasteiger partial charge in [0, 0.05) is 12.6 Å². The molecule has 4 nitrogen and oxygen atoms in total. The average Bonchev–Trinajstić information content (AvgIpc) is 3.00. The van der Waals surface area contributed by atoms with Crippen molar-refractivity contribution in [2.24, 2.45) is 0 Å². The van der Waals surface area contributed by atoms with Crippen LogP contribution in [0.2, 0.25) is 0 Å². The molecule has 15 heavy (non-hydrogen) atoms. The third-order valence-electron chi connectivity index (χ3n) is 2.62. The number of thioether (sulfide) groups is 1. The van der Waals surface area contributed by atoms with E-state index < -0.39 is 0 Å². The summed E-state index contributed by atoms with van der Waals surface area (Å²) in [4.78, 5) is 24.2. The molecule has 2 rings (SSSR count). The van der Waals surface area contributed by atoms with Gasteiger partial charge in [0.1, 0.15) is 0 Å². The van der Waals surface area contributed by atoms with Crippen LogP contribution in [0.4, 0.5) is 0 Å². The van der Waals surface area contributed by atoms with Crippen molar-refractivity contribution in [3.05, 3.63) is 0 Å². The molecule has 0 radical (unpaired) electrons. The van der Waals surface area contributed by atoms with E-state index in [1.807, 2.05) is 0 Å². The predicted octanol–water partition coefficient (Wildman–Crippen LogP) is 0.230. The Kier molecular flexibility index (Phi) is 3.64. The van der Waals surface area contributed by atoms with Gasteiger partial charge in [0.2, 0.25) is 11.8 Å². The molecule has 0 spiro atoms. The molecule has 1 aliphatic carbocycles. The minimum absolute atomic E-state index is 0.0253. The Morgan fingerprint density at radius 2 is 1.93 bits per heavy atom. The Morgan fingerprint density at radius 1 is 1.27 bits per heavy atom. The standard InChI is InChI=1S/C10H16N2O2S/c13-9-6-15-7-10(14)12(9)5-1-4-11-8-2-3-8/h8,11H,1-7H2. The lowest BCUT2D eigenvalue weighted by molar-refractivity contribution is -0.142. The van der Waals surface area contributed by atoms with Crippen LogP contribution in [0.25, 0.3) is 0 Å². The largest absolute Gasteiger partial charge is 0.314 e. The van der Waals surface area contributed by atoms with Crippen LogP contribution in [-0.2, 0) is 9.59 Å². The second-order valence-corrected chi connectivity index (χ2v) is 5.00. The zero-order chi connectivity index (χ0) is 10.7. The number of nitrogens with zero attached hydrogens (tertiary/aromatic N) is 1. The first-order chi connectivity index (χ1) is 7.27. The summed E-state index contributed by atoms with van der Waals surface area (Å²) in [6.45, 7) is 1.49. The molecule has 2 amide bonds. The lowest BCUT2D eigenvalue weighted by atomic mass is 10.3. The number of carbonyl (C=O) groups is 2. The van der Waals surface area contributed by atoms with Crippen LogP contribution < -0.4 is 5.32 Å². The molecule has 2 aliphatic rings. The van der Waals surface area contributed by atoms with Gasteiger partial charge >= 0.3 is 0 Å². The smallest absolute Gasteiger partial charge is 0.239 e. The molecular weight excluding hydrogens is 212 g/mol. The van der Waals surface area contributed by atoms with Crippen molar-refractivity contribution in [1.82, 2.24) is 10.2 Å². The first kappa shape index (κ1) is 11.0. The summed E-state index contributed by atoms with van der Waals surface area (Å²) in [7, 11) is 0. The van der Waals surface area contributed by atoms with E-state index in [1.54, 1.807) is 0 Å². The highest BCUT2D eigenvalue weighted by Crippen LogP contribution is 2.18. The Labute approximate surface area is 93.8 Å². The van der Waals surface area contributed by atoms with Crippen molar-refractivity contribution in [1.29, 1.82) is 0 Å². The highest BCUT2D eigenvalue weighted by atomic mass is 32.2. The van der Waals surface area contributed by atoms with Gasteiger partial charge in [-0.05, 0) is 25.8 Å². The summed E-state index contributed by atoms with van der Waals surface area (Å²) in [5.74, 6) is 0.870. The van der Waals surface area contributed by atoms with E-state index in [9.17, 15) is 9.59 Å². The second-order valence-electron chi connectivity index (χ2n) is 4.01. The van der Waals surface area contributed by atoms with Crippen LogP contribution in [0.3, 0.4) is 0 Å². The van der Waals surface area contributed by atoms with Crippen LogP contribution >= 0.6 is 11.8 Å². The van der Waals surface area contributed by atoms with E-state index in [-0.39, 0.29) is 11.8 Å². The van der Waals surface area contributed by atoms with Gasteiger partial charge in [-0.2, -0.15) is 0 Å². The van der Waals surface area contributed by atoms with Crippen molar-refractivity contribution >= 4 is 23.6 Å². The van der Waals surface area contributed by atoms with Crippen molar-refractivity contribution < 1.29 is 9.59 Å². The Balaban J connectivity index is 1.66. The first-order valence-electron chi connectivity index (χ1n) is 5.41. The maximum Gasteiger partial charge on any atom is 0.239 e. The summed E-state index contributed by atoms with van der Waals surface area (Å²) in [6, 6.07) is 0.702. The van der Waals surface area contributed by atoms with E-state index in [2.05, 4.69) is 5.32 Å². The van der Waals surface area contributed by atoms with Crippen molar-refractivity contribution in [2.45, 2.75) is 25.3 Å². The van der Waals surface area contributed by atoms with Crippen LogP contribution in [0.1, 0.15) is 19.3 Å². The molecule has 1 saturated carbocycles. The lowest BCUT2D eigenvalue weighted by Gasteiger charge is -2.24. The van der Waals surface area contributed by atoms with Gasteiger partial charge in [-0.15, -0.1) is 11.8 Å². The van der Waals surface area contributed by atoms with Gasteiger partial charge in [-0.3, -0.25) is 14.5 Å². The highest BCUT2D eigenvalue weighted by Gasteiger charge is 2.26. The zero-order valence-electron chi connectivity index (χ0n) is 8.70. The van der Waals surface area contributed by atoms with Crippen molar-refractivity contribution in [2.75, 3.05) is 24.6 Å². The normalized spacial score (nSPS) is 22.3. The zero-order valence-corrected chi connectivity index (χ0v) is 9.52. The molecule has 0 aromatic rings. The van der Waals surface area contributed by atoms with Gasteiger partial charge in [0.05, 0.1) is 11.5 Å². The SMILES string of the molecule is O=C1CSCC(=O)N1CCCNC1CC1. The molecule has 0 aromatic heterocycles. The first-order valence-corrected chi connectivity index (χ1v) is 6.57. The van der Waals surface area contributed by atoms with E-state index >= 15 is 0 Å². The maximum atomic E-state index is 11.4. The lowest BCUT2D eigenvalue weighted by Crippen LogP contribution is -2.44. The van der Waals surface area contributed by atoms with Gasteiger partial charge in [-0.25, -0.2) is 0 Å². The number of hydrogen-bond acceptors (Lipinski definition) is 4. The van der Waals surface area contributed by atoms with Crippen LogP contribution in [0, 0.1) is 0 Å². The summed E-state index contributed by atoms with van der Waals surface area (Å²) in [5.41, 5.74) is 0. The number of nitrogens with one attached hydrogen (secondary N) is 1. The quantitative estimate of drug-likeness (QED) is 0.540. The minimum atomic E-state index is -0.0253. The number of carbonyl (C=O) groups excluding carboxylic acids is 2. The molecule has 1 N–H and O–H groups in total. The van der Waals surface area contributed by atoms with Gasteiger partial charge in [0.25, 0.3) is 0 Å². The van der Waals surface area contributed by atoms with Crippen LogP contribution in [0.5, 0.6) is 0 Å². The van der Waals surface area contributed by atoms with Gasteiger partial charge < -0.3 is 5.32 Å². The second kappa shape index (κ2) is 4.99. The molecule has 1 saturated heterocycles. The highest BCUT2D eigenvalue weighted by molar-refractivity contribution is 8.00.